The number of nitrogens with one attached hydrogen (secondary N) is 1. The lowest BCUT2D eigenvalue weighted by molar-refractivity contribution is -0.121. The van der Waals surface area contributed by atoms with Crippen LogP contribution in [0.25, 0.3) is 0 Å². The molecule has 21 heavy (non-hydrogen) atoms. The van der Waals surface area contributed by atoms with Gasteiger partial charge in [0.2, 0.25) is 5.91 Å². The van der Waals surface area contributed by atoms with Crippen LogP contribution in [-0.4, -0.2) is 36.5 Å². The maximum Gasteiger partial charge on any atom is 0.224 e. The summed E-state index contributed by atoms with van der Waals surface area (Å²) in [6.07, 6.45) is 3.75. The van der Waals surface area contributed by atoms with Crippen LogP contribution < -0.4 is 11.1 Å². The first-order valence-corrected chi connectivity index (χ1v) is 8.01. The van der Waals surface area contributed by atoms with E-state index in [1.54, 1.807) is 0 Å². The second-order valence-electron chi connectivity index (χ2n) is 5.83. The highest BCUT2D eigenvalue weighted by Crippen LogP contribution is 2.12. The minimum Gasteiger partial charge on any atom is -0.353 e. The molecule has 2 rings (SSSR count). The summed E-state index contributed by atoms with van der Waals surface area (Å²) in [4.78, 5) is 14.7. The van der Waals surface area contributed by atoms with Crippen LogP contribution in [0.5, 0.6) is 0 Å². The Morgan fingerprint density at radius 3 is 2.57 bits per heavy atom. The number of likely N-dealkylation sites (tertiary alicyclic amines) is 1. The molecule has 1 aromatic carbocycles. The van der Waals surface area contributed by atoms with Gasteiger partial charge in [0.1, 0.15) is 0 Å². The van der Waals surface area contributed by atoms with Gasteiger partial charge < -0.3 is 16.0 Å². The molecule has 0 aromatic heterocycles. The third-order valence-electron chi connectivity index (χ3n) is 4.18. The van der Waals surface area contributed by atoms with Crippen LogP contribution in [0.2, 0.25) is 0 Å². The average Bonchev–Trinajstić information content (AvgIpc) is 2.50. The minimum atomic E-state index is 0.116. The molecule has 1 aliphatic rings. The summed E-state index contributed by atoms with van der Waals surface area (Å²) in [6, 6.07) is 8.24. The van der Waals surface area contributed by atoms with Gasteiger partial charge in [-0.1, -0.05) is 31.2 Å². The Morgan fingerprint density at radius 2 is 1.95 bits per heavy atom. The summed E-state index contributed by atoms with van der Waals surface area (Å²) in [7, 11) is 0. The van der Waals surface area contributed by atoms with Crippen molar-refractivity contribution in [1.29, 1.82) is 0 Å². The average molecular weight is 289 g/mol. The maximum atomic E-state index is 12.2. The molecule has 0 unspecified atom stereocenters. The molecule has 1 aromatic rings. The van der Waals surface area contributed by atoms with E-state index < -0.39 is 0 Å². The largest absolute Gasteiger partial charge is 0.353 e. The van der Waals surface area contributed by atoms with Crippen molar-refractivity contribution < 1.29 is 4.79 Å². The molecule has 0 atom stereocenters. The predicted octanol–water partition coefficient (Wildman–Crippen LogP) is 1.68. The van der Waals surface area contributed by atoms with Crippen molar-refractivity contribution in [2.45, 2.75) is 45.2 Å². The predicted molar refractivity (Wildman–Crippen MR) is 85.9 cm³/mol. The van der Waals surface area contributed by atoms with E-state index in [4.69, 9.17) is 5.73 Å². The Morgan fingerprint density at radius 1 is 1.29 bits per heavy atom. The van der Waals surface area contributed by atoms with E-state index in [9.17, 15) is 4.79 Å². The topological polar surface area (TPSA) is 58.4 Å². The number of nitrogens with two attached hydrogens (primary N) is 1. The van der Waals surface area contributed by atoms with Crippen LogP contribution in [0.15, 0.2) is 24.3 Å². The molecule has 0 aliphatic carbocycles. The molecule has 1 aliphatic heterocycles. The SMILES string of the molecule is CCCN1CCC(NC(=O)Cc2ccccc2CN)CC1. The van der Waals surface area contributed by atoms with Crippen molar-refractivity contribution in [3.63, 3.8) is 0 Å². The summed E-state index contributed by atoms with van der Waals surface area (Å²) < 4.78 is 0. The van der Waals surface area contributed by atoms with Gasteiger partial charge >= 0.3 is 0 Å². The first-order chi connectivity index (χ1) is 10.2. The summed E-state index contributed by atoms with van der Waals surface area (Å²) in [5.74, 6) is 0.116. The Kier molecular flexibility index (Phi) is 6.21. The summed E-state index contributed by atoms with van der Waals surface area (Å²) >= 11 is 0. The van der Waals surface area contributed by atoms with Crippen molar-refractivity contribution in [2.75, 3.05) is 19.6 Å². The highest BCUT2D eigenvalue weighted by molar-refractivity contribution is 5.79. The lowest BCUT2D eigenvalue weighted by Gasteiger charge is -2.32. The molecule has 0 bridgehead atoms. The van der Waals surface area contributed by atoms with Crippen LogP contribution in [-0.2, 0) is 17.8 Å². The third kappa shape index (κ3) is 4.83. The van der Waals surface area contributed by atoms with Gasteiger partial charge in [-0.05, 0) is 36.9 Å². The normalized spacial score (nSPS) is 16.9. The smallest absolute Gasteiger partial charge is 0.224 e. The Labute approximate surface area is 127 Å². The fraction of sp³-hybridized carbons (Fsp3) is 0.588. The van der Waals surface area contributed by atoms with E-state index in [2.05, 4.69) is 17.1 Å². The first kappa shape index (κ1) is 16.0. The van der Waals surface area contributed by atoms with E-state index in [1.165, 1.54) is 13.0 Å². The van der Waals surface area contributed by atoms with E-state index in [-0.39, 0.29) is 5.91 Å². The monoisotopic (exact) mass is 289 g/mol. The fourth-order valence-corrected chi connectivity index (χ4v) is 3.00. The Hall–Kier alpha value is -1.39. The standard InChI is InChI=1S/C17H27N3O/c1-2-9-20-10-7-16(8-11-20)19-17(21)12-14-5-3-4-6-15(14)13-18/h3-6,16H,2,7-13,18H2,1H3,(H,19,21). The Bertz CT molecular complexity index is 453. The van der Waals surface area contributed by atoms with Gasteiger partial charge in [0.25, 0.3) is 0 Å². The number of hydrogen-bond acceptors (Lipinski definition) is 3. The van der Waals surface area contributed by atoms with Gasteiger partial charge in [-0.2, -0.15) is 0 Å². The second-order valence-corrected chi connectivity index (χ2v) is 5.83. The number of rotatable bonds is 6. The van der Waals surface area contributed by atoms with Crippen LogP contribution in [0.4, 0.5) is 0 Å². The summed E-state index contributed by atoms with van der Waals surface area (Å²) in [6.45, 7) is 6.06. The first-order valence-electron chi connectivity index (χ1n) is 8.01. The molecule has 1 amide bonds. The molecule has 0 radical (unpaired) electrons. The van der Waals surface area contributed by atoms with E-state index in [1.807, 2.05) is 24.3 Å². The molecule has 0 saturated carbocycles. The van der Waals surface area contributed by atoms with Crippen molar-refractivity contribution in [3.05, 3.63) is 35.4 Å². The van der Waals surface area contributed by atoms with Crippen LogP contribution in [0.3, 0.4) is 0 Å². The van der Waals surface area contributed by atoms with Gasteiger partial charge in [0.15, 0.2) is 0 Å². The maximum absolute atomic E-state index is 12.2. The zero-order chi connectivity index (χ0) is 15.1. The lowest BCUT2D eigenvalue weighted by atomic mass is 10.0. The van der Waals surface area contributed by atoms with Gasteiger partial charge in [-0.25, -0.2) is 0 Å². The lowest BCUT2D eigenvalue weighted by Crippen LogP contribution is -2.45. The van der Waals surface area contributed by atoms with Crippen molar-refractivity contribution >= 4 is 5.91 Å². The number of carbonyl (C=O) groups is 1. The molecule has 4 heteroatoms. The molecule has 0 spiro atoms. The molecule has 116 valence electrons. The number of nitrogens with zero attached hydrogens (tertiary/aromatic N) is 1. The van der Waals surface area contributed by atoms with Crippen molar-refractivity contribution in [1.82, 2.24) is 10.2 Å². The second kappa shape index (κ2) is 8.15. The zero-order valence-electron chi connectivity index (χ0n) is 13.0. The number of piperidine rings is 1. The Balaban J connectivity index is 1.80. The van der Waals surface area contributed by atoms with Crippen LogP contribution in [0.1, 0.15) is 37.3 Å². The van der Waals surface area contributed by atoms with E-state index in [0.29, 0.717) is 19.0 Å². The summed E-state index contributed by atoms with van der Waals surface area (Å²) in [5, 5.41) is 3.17. The highest BCUT2D eigenvalue weighted by atomic mass is 16.1. The fourth-order valence-electron chi connectivity index (χ4n) is 3.00. The zero-order valence-corrected chi connectivity index (χ0v) is 13.0. The van der Waals surface area contributed by atoms with E-state index >= 15 is 0 Å². The molecule has 3 N–H and O–H groups in total. The van der Waals surface area contributed by atoms with Gasteiger partial charge in [-0.3, -0.25) is 4.79 Å². The minimum absolute atomic E-state index is 0.116. The number of benzene rings is 1. The number of amides is 1. The summed E-state index contributed by atoms with van der Waals surface area (Å²) in [5.41, 5.74) is 7.82. The highest BCUT2D eigenvalue weighted by Gasteiger charge is 2.20. The van der Waals surface area contributed by atoms with Crippen LogP contribution >= 0.6 is 0 Å². The number of hydrogen-bond donors (Lipinski definition) is 2. The van der Waals surface area contributed by atoms with E-state index in [0.717, 1.165) is 37.1 Å². The molecule has 4 nitrogen and oxygen atoms in total. The van der Waals surface area contributed by atoms with Crippen LogP contribution in [0, 0.1) is 0 Å². The molecular formula is C17H27N3O. The third-order valence-corrected chi connectivity index (χ3v) is 4.18. The molecular weight excluding hydrogens is 262 g/mol. The van der Waals surface area contributed by atoms with Crippen molar-refractivity contribution in [2.24, 2.45) is 5.73 Å². The van der Waals surface area contributed by atoms with Gasteiger partial charge in [0, 0.05) is 25.7 Å². The van der Waals surface area contributed by atoms with Crippen molar-refractivity contribution in [3.8, 4) is 0 Å². The number of carbonyl (C=O) groups excluding carboxylic acids is 1. The molecule has 1 heterocycles. The molecule has 1 saturated heterocycles. The van der Waals surface area contributed by atoms with Gasteiger partial charge in [0.05, 0.1) is 6.42 Å². The quantitative estimate of drug-likeness (QED) is 0.837. The molecule has 1 fully saturated rings. The van der Waals surface area contributed by atoms with Gasteiger partial charge in [-0.15, -0.1) is 0 Å².